The van der Waals surface area contributed by atoms with E-state index in [1.807, 2.05) is 48.3 Å². The number of aromatic nitrogens is 2. The minimum absolute atomic E-state index is 0.131. The third kappa shape index (κ3) is 3.04. The van der Waals surface area contributed by atoms with E-state index < -0.39 is 8.32 Å². The second-order valence-electron chi connectivity index (χ2n) is 8.09. The van der Waals surface area contributed by atoms with Crippen molar-refractivity contribution in [1.29, 1.82) is 0 Å². The van der Waals surface area contributed by atoms with Gasteiger partial charge in [-0.25, -0.2) is 0 Å². The number of anilines is 1. The lowest BCUT2D eigenvalue weighted by atomic mass is 9.99. The Labute approximate surface area is 150 Å². The van der Waals surface area contributed by atoms with Crippen molar-refractivity contribution < 1.29 is 4.43 Å². The molecular formula is C20H27N3OSi. The average Bonchev–Trinajstić information content (AvgIpc) is 2.88. The molecule has 0 aliphatic heterocycles. The smallest absolute Gasteiger partial charge is 0.250 e. The topological polar surface area (TPSA) is 53.1 Å². The lowest BCUT2D eigenvalue weighted by molar-refractivity contribution is 0.493. The molecule has 0 saturated carbocycles. The number of fused-ring (bicyclic) bond motifs is 1. The first-order valence-electron chi connectivity index (χ1n) is 8.60. The lowest BCUT2D eigenvalue weighted by Gasteiger charge is -2.37. The Morgan fingerprint density at radius 1 is 1.08 bits per heavy atom. The number of aryl methyl sites for hydroxylation is 1. The van der Waals surface area contributed by atoms with E-state index in [2.05, 4.69) is 45.0 Å². The fraction of sp³-hybridized carbons (Fsp3) is 0.350. The van der Waals surface area contributed by atoms with Crippen LogP contribution in [0.3, 0.4) is 0 Å². The molecule has 4 nitrogen and oxygen atoms in total. The number of nitrogen functional groups attached to an aromatic ring is 1. The van der Waals surface area contributed by atoms with Crippen molar-refractivity contribution in [3.05, 3.63) is 42.6 Å². The maximum atomic E-state index is 6.62. The summed E-state index contributed by atoms with van der Waals surface area (Å²) in [4.78, 5) is 0. The van der Waals surface area contributed by atoms with Gasteiger partial charge >= 0.3 is 0 Å². The second kappa shape index (κ2) is 5.91. The zero-order valence-corrected chi connectivity index (χ0v) is 16.9. The molecule has 0 radical (unpaired) electrons. The van der Waals surface area contributed by atoms with E-state index in [0.29, 0.717) is 0 Å². The zero-order valence-electron chi connectivity index (χ0n) is 15.9. The van der Waals surface area contributed by atoms with Crippen molar-refractivity contribution in [2.75, 3.05) is 5.73 Å². The molecule has 5 heteroatoms. The molecule has 25 heavy (non-hydrogen) atoms. The SMILES string of the molecule is Cn1ncc2c(-c3ccccc3O[Si](C)(C)C(C)(C)C)c(N)ccc21. The monoisotopic (exact) mass is 353 g/mol. The second-order valence-corrected chi connectivity index (χ2v) is 12.8. The normalized spacial score (nSPS) is 12.6. The number of rotatable bonds is 3. The van der Waals surface area contributed by atoms with Crippen LogP contribution >= 0.6 is 0 Å². The van der Waals surface area contributed by atoms with Crippen LogP contribution < -0.4 is 10.2 Å². The van der Waals surface area contributed by atoms with Crippen molar-refractivity contribution in [1.82, 2.24) is 9.78 Å². The summed E-state index contributed by atoms with van der Waals surface area (Å²) in [6.45, 7) is 11.3. The third-order valence-electron chi connectivity index (χ3n) is 5.29. The van der Waals surface area contributed by atoms with Gasteiger partial charge in [-0.05, 0) is 36.3 Å². The number of nitrogens with two attached hydrogens (primary N) is 1. The van der Waals surface area contributed by atoms with Crippen LogP contribution in [0, 0.1) is 0 Å². The highest BCUT2D eigenvalue weighted by molar-refractivity contribution is 6.74. The van der Waals surface area contributed by atoms with Crippen LogP contribution in [-0.2, 0) is 7.05 Å². The standard InChI is InChI=1S/C20H27N3OSi/c1-20(2,3)25(5,6)24-18-10-8-7-9-14(18)19-15-13-22-23(4)17(15)12-11-16(19)21/h7-13H,21H2,1-6H3. The molecular weight excluding hydrogens is 326 g/mol. The van der Waals surface area contributed by atoms with Gasteiger partial charge in [0.2, 0.25) is 0 Å². The predicted octanol–water partition coefficient (Wildman–Crippen LogP) is 5.21. The van der Waals surface area contributed by atoms with E-state index in [1.54, 1.807) is 0 Å². The summed E-state index contributed by atoms with van der Waals surface area (Å²) >= 11 is 0. The molecule has 0 fully saturated rings. The van der Waals surface area contributed by atoms with Crippen LogP contribution in [0.4, 0.5) is 5.69 Å². The molecule has 0 amide bonds. The molecule has 1 heterocycles. The number of hydrogen-bond donors (Lipinski definition) is 1. The van der Waals surface area contributed by atoms with Gasteiger partial charge in [0.1, 0.15) is 5.75 Å². The first kappa shape index (κ1) is 17.5. The van der Waals surface area contributed by atoms with E-state index in [1.165, 1.54) is 0 Å². The van der Waals surface area contributed by atoms with E-state index in [-0.39, 0.29) is 5.04 Å². The molecule has 0 aliphatic rings. The molecule has 3 rings (SSSR count). The Kier molecular flexibility index (Phi) is 4.15. The summed E-state index contributed by atoms with van der Waals surface area (Å²) in [5.74, 6) is 0.900. The minimum atomic E-state index is -1.95. The molecule has 132 valence electrons. The quantitative estimate of drug-likeness (QED) is 0.519. The predicted molar refractivity (Wildman–Crippen MR) is 108 cm³/mol. The summed E-state index contributed by atoms with van der Waals surface area (Å²) in [5.41, 5.74) is 10.2. The number of hydrogen-bond acceptors (Lipinski definition) is 3. The van der Waals surface area contributed by atoms with Crippen LogP contribution in [0.25, 0.3) is 22.0 Å². The van der Waals surface area contributed by atoms with Crippen LogP contribution in [0.2, 0.25) is 18.1 Å². The van der Waals surface area contributed by atoms with Gasteiger partial charge in [-0.15, -0.1) is 0 Å². The summed E-state index contributed by atoms with van der Waals surface area (Å²) in [7, 11) is -0.00655. The van der Waals surface area contributed by atoms with Gasteiger partial charge in [0.25, 0.3) is 8.32 Å². The molecule has 0 saturated heterocycles. The van der Waals surface area contributed by atoms with Gasteiger partial charge in [-0.2, -0.15) is 5.10 Å². The fourth-order valence-corrected chi connectivity index (χ4v) is 3.77. The Balaban J connectivity index is 2.19. The van der Waals surface area contributed by atoms with Gasteiger partial charge in [-0.1, -0.05) is 39.0 Å². The molecule has 1 aromatic heterocycles. The Hall–Kier alpha value is -2.27. The summed E-state index contributed by atoms with van der Waals surface area (Å²) in [6, 6.07) is 12.1. The Bertz CT molecular complexity index is 922. The largest absolute Gasteiger partial charge is 0.543 e. The van der Waals surface area contributed by atoms with E-state index in [4.69, 9.17) is 10.2 Å². The molecule has 3 aromatic rings. The van der Waals surface area contributed by atoms with E-state index in [0.717, 1.165) is 33.5 Å². The van der Waals surface area contributed by atoms with Crippen LogP contribution in [-0.4, -0.2) is 18.1 Å². The number of benzene rings is 2. The molecule has 0 aliphatic carbocycles. The first-order valence-corrected chi connectivity index (χ1v) is 11.5. The van der Waals surface area contributed by atoms with E-state index >= 15 is 0 Å². The van der Waals surface area contributed by atoms with Crippen molar-refractivity contribution in [3.8, 4) is 16.9 Å². The van der Waals surface area contributed by atoms with Crippen molar-refractivity contribution in [3.63, 3.8) is 0 Å². The van der Waals surface area contributed by atoms with E-state index in [9.17, 15) is 0 Å². The number of para-hydroxylation sites is 1. The average molecular weight is 354 g/mol. The summed E-state index contributed by atoms with van der Waals surface area (Å²) < 4.78 is 8.49. The number of nitrogens with zero attached hydrogens (tertiary/aromatic N) is 2. The molecule has 2 N–H and O–H groups in total. The van der Waals surface area contributed by atoms with Gasteiger partial charge in [-0.3, -0.25) is 4.68 Å². The van der Waals surface area contributed by atoms with Gasteiger partial charge in [0.05, 0.1) is 11.7 Å². The maximum absolute atomic E-state index is 6.62. The molecule has 0 atom stereocenters. The fourth-order valence-electron chi connectivity index (χ4n) is 2.74. The molecule has 0 bridgehead atoms. The van der Waals surface area contributed by atoms with Crippen molar-refractivity contribution in [2.24, 2.45) is 7.05 Å². The molecule has 2 aromatic carbocycles. The van der Waals surface area contributed by atoms with Crippen LogP contribution in [0.1, 0.15) is 20.8 Å². The minimum Gasteiger partial charge on any atom is -0.543 e. The van der Waals surface area contributed by atoms with Gasteiger partial charge < -0.3 is 10.2 Å². The lowest BCUT2D eigenvalue weighted by Crippen LogP contribution is -2.44. The highest BCUT2D eigenvalue weighted by atomic mass is 28.4. The van der Waals surface area contributed by atoms with Crippen molar-refractivity contribution in [2.45, 2.75) is 38.9 Å². The van der Waals surface area contributed by atoms with Gasteiger partial charge in [0.15, 0.2) is 0 Å². The van der Waals surface area contributed by atoms with Crippen molar-refractivity contribution >= 4 is 24.9 Å². The summed E-state index contributed by atoms with van der Waals surface area (Å²) in [5, 5.41) is 5.58. The highest BCUT2D eigenvalue weighted by Crippen LogP contribution is 2.43. The first-order chi connectivity index (χ1) is 11.6. The highest BCUT2D eigenvalue weighted by Gasteiger charge is 2.39. The third-order valence-corrected chi connectivity index (χ3v) is 9.63. The maximum Gasteiger partial charge on any atom is 0.250 e. The van der Waals surface area contributed by atoms with Gasteiger partial charge in [0, 0.05) is 29.2 Å². The Morgan fingerprint density at radius 2 is 1.76 bits per heavy atom. The van der Waals surface area contributed by atoms with Crippen LogP contribution in [0.15, 0.2) is 42.6 Å². The zero-order chi connectivity index (χ0) is 18.4. The Morgan fingerprint density at radius 3 is 2.44 bits per heavy atom. The summed E-state index contributed by atoms with van der Waals surface area (Å²) in [6.07, 6.45) is 1.88. The molecule has 0 spiro atoms. The van der Waals surface area contributed by atoms with Crippen LogP contribution in [0.5, 0.6) is 5.75 Å². The molecule has 0 unspecified atom stereocenters.